The molecule has 5 nitrogen and oxygen atoms in total. The molecule has 4 atom stereocenters. The quantitative estimate of drug-likeness (QED) is 0.504. The van der Waals surface area contributed by atoms with E-state index in [-0.39, 0.29) is 18.4 Å². The van der Waals surface area contributed by atoms with Crippen molar-refractivity contribution in [2.24, 2.45) is 5.92 Å². The van der Waals surface area contributed by atoms with Crippen molar-refractivity contribution in [2.45, 2.75) is 37.4 Å². The van der Waals surface area contributed by atoms with Crippen LogP contribution in [-0.2, 0) is 0 Å². The second-order valence-electron chi connectivity index (χ2n) is 7.23. The molecule has 28 heavy (non-hydrogen) atoms. The van der Waals surface area contributed by atoms with E-state index in [0.717, 1.165) is 35.3 Å². The normalized spacial score (nSPS) is 26.6. The van der Waals surface area contributed by atoms with Gasteiger partial charge in [0, 0.05) is 12.1 Å². The van der Waals surface area contributed by atoms with Gasteiger partial charge in [-0.2, -0.15) is 0 Å². The second-order valence-corrected chi connectivity index (χ2v) is 8.94. The monoisotopic (exact) mass is 455 g/mol. The van der Waals surface area contributed by atoms with Crippen LogP contribution >= 0.6 is 46.9 Å². The Bertz CT molecular complexity index is 981. The molecule has 5 rings (SSSR count). The molecule has 148 valence electrons. The minimum Gasteiger partial charge on any atom is -0.367 e. The maximum Gasteiger partial charge on any atom is 0.138 e. The molecule has 0 radical (unpaired) electrons. The fourth-order valence-electron chi connectivity index (χ4n) is 4.32. The number of thiophene rings is 1. The van der Waals surface area contributed by atoms with E-state index in [1.807, 2.05) is 12.1 Å². The molecule has 1 aliphatic carbocycles. The van der Waals surface area contributed by atoms with Crippen molar-refractivity contribution in [3.05, 3.63) is 51.6 Å². The highest BCUT2D eigenvalue weighted by atomic mass is 35.5. The predicted octanol–water partition coefficient (Wildman–Crippen LogP) is 5.22. The summed E-state index contributed by atoms with van der Waals surface area (Å²) in [4.78, 5) is 9.84. The molecule has 1 aromatic carbocycles. The van der Waals surface area contributed by atoms with E-state index < -0.39 is 0 Å². The van der Waals surface area contributed by atoms with Gasteiger partial charge in [0.1, 0.15) is 17.0 Å². The van der Waals surface area contributed by atoms with Gasteiger partial charge in [-0.15, -0.1) is 23.7 Å². The molecule has 1 saturated carbocycles. The zero-order chi connectivity index (χ0) is 18.4. The Morgan fingerprint density at radius 2 is 1.96 bits per heavy atom. The standard InChI is InChI=1S/C19H19Cl2N5S.ClH/c20-14-3-1-10(7-15(14)21)17-13-8-11(2-4-16(13)25-26-17)24-18-12-5-6-27-19(12)23-9-22-18;/h1,3,5-7,9,11,13,16-17,25-26H,2,4,8H2,(H,22,23,24);1H. The number of aromatic nitrogens is 2. The highest BCUT2D eigenvalue weighted by Crippen LogP contribution is 2.40. The summed E-state index contributed by atoms with van der Waals surface area (Å²) in [5, 5.41) is 8.03. The summed E-state index contributed by atoms with van der Waals surface area (Å²) in [6.45, 7) is 0. The Morgan fingerprint density at radius 1 is 1.07 bits per heavy atom. The Hall–Kier alpha value is -1.15. The van der Waals surface area contributed by atoms with Crippen LogP contribution in [0.5, 0.6) is 0 Å². The van der Waals surface area contributed by atoms with Crippen molar-refractivity contribution < 1.29 is 0 Å². The van der Waals surface area contributed by atoms with Gasteiger partial charge in [-0.1, -0.05) is 29.3 Å². The molecule has 3 heterocycles. The largest absolute Gasteiger partial charge is 0.367 e. The topological polar surface area (TPSA) is 61.9 Å². The van der Waals surface area contributed by atoms with Gasteiger partial charge in [0.25, 0.3) is 0 Å². The molecule has 4 unspecified atom stereocenters. The van der Waals surface area contributed by atoms with Gasteiger partial charge in [0.15, 0.2) is 0 Å². The van der Waals surface area contributed by atoms with Gasteiger partial charge in [0.2, 0.25) is 0 Å². The van der Waals surface area contributed by atoms with Gasteiger partial charge in [0.05, 0.1) is 21.5 Å². The lowest BCUT2D eigenvalue weighted by molar-refractivity contribution is 0.289. The van der Waals surface area contributed by atoms with E-state index in [1.54, 1.807) is 17.7 Å². The van der Waals surface area contributed by atoms with Crippen LogP contribution in [0.25, 0.3) is 10.2 Å². The summed E-state index contributed by atoms with van der Waals surface area (Å²) in [5.74, 6) is 1.42. The van der Waals surface area contributed by atoms with Crippen molar-refractivity contribution >= 4 is 63.0 Å². The minimum atomic E-state index is 0. The molecule has 1 aliphatic heterocycles. The molecule has 2 aromatic heterocycles. The molecule has 2 aliphatic rings. The predicted molar refractivity (Wildman–Crippen MR) is 119 cm³/mol. The third-order valence-electron chi connectivity index (χ3n) is 5.66. The molecule has 2 fully saturated rings. The summed E-state index contributed by atoms with van der Waals surface area (Å²) >= 11 is 14.0. The lowest BCUT2D eigenvalue weighted by Gasteiger charge is -2.34. The fraction of sp³-hybridized carbons (Fsp3) is 0.368. The summed E-state index contributed by atoms with van der Waals surface area (Å²) in [7, 11) is 0. The van der Waals surface area contributed by atoms with Crippen molar-refractivity contribution in [2.75, 3.05) is 5.32 Å². The number of nitrogens with one attached hydrogen (secondary N) is 3. The van der Waals surface area contributed by atoms with Crippen LogP contribution in [0.4, 0.5) is 5.82 Å². The summed E-state index contributed by atoms with van der Waals surface area (Å²) in [6, 6.07) is 9.08. The number of halogens is 3. The van der Waals surface area contributed by atoms with Crippen LogP contribution in [0.1, 0.15) is 30.9 Å². The number of fused-ring (bicyclic) bond motifs is 2. The van der Waals surface area contributed by atoms with Crippen molar-refractivity contribution in [1.29, 1.82) is 0 Å². The third kappa shape index (κ3) is 3.70. The summed E-state index contributed by atoms with van der Waals surface area (Å²) in [5.41, 5.74) is 8.11. The molecular weight excluding hydrogens is 437 g/mol. The Labute approximate surface area is 183 Å². The first-order chi connectivity index (χ1) is 13.2. The van der Waals surface area contributed by atoms with Crippen LogP contribution in [0.15, 0.2) is 36.0 Å². The lowest BCUT2D eigenvalue weighted by atomic mass is 9.77. The maximum atomic E-state index is 6.24. The number of hydrazine groups is 1. The van der Waals surface area contributed by atoms with Gasteiger partial charge in [-0.3, -0.25) is 5.43 Å². The fourth-order valence-corrected chi connectivity index (χ4v) is 5.36. The van der Waals surface area contributed by atoms with E-state index in [0.29, 0.717) is 28.0 Å². The number of hydrogen-bond acceptors (Lipinski definition) is 6. The molecule has 3 aromatic rings. The number of hydrogen-bond donors (Lipinski definition) is 3. The zero-order valence-corrected chi connectivity index (χ0v) is 18.0. The number of benzene rings is 1. The van der Waals surface area contributed by atoms with E-state index in [9.17, 15) is 0 Å². The van der Waals surface area contributed by atoms with Crippen LogP contribution in [0.2, 0.25) is 10.0 Å². The molecule has 9 heteroatoms. The molecular formula is C19H20Cl3N5S. The third-order valence-corrected chi connectivity index (χ3v) is 7.22. The van der Waals surface area contributed by atoms with Crippen molar-refractivity contribution in [1.82, 2.24) is 20.8 Å². The number of rotatable bonds is 3. The average molecular weight is 457 g/mol. The number of nitrogens with zero attached hydrogens (tertiary/aromatic N) is 2. The van der Waals surface area contributed by atoms with E-state index in [4.69, 9.17) is 23.2 Å². The van der Waals surface area contributed by atoms with Gasteiger partial charge < -0.3 is 5.32 Å². The highest BCUT2D eigenvalue weighted by molar-refractivity contribution is 7.16. The Balaban J connectivity index is 0.00000192. The lowest BCUT2D eigenvalue weighted by Crippen LogP contribution is -2.39. The Kier molecular flexibility index (Phi) is 5.97. The van der Waals surface area contributed by atoms with Crippen LogP contribution < -0.4 is 16.2 Å². The van der Waals surface area contributed by atoms with E-state index in [2.05, 4.69) is 43.6 Å². The minimum absolute atomic E-state index is 0. The number of anilines is 1. The smallest absolute Gasteiger partial charge is 0.138 e. The van der Waals surface area contributed by atoms with E-state index >= 15 is 0 Å². The van der Waals surface area contributed by atoms with Gasteiger partial charge >= 0.3 is 0 Å². The van der Waals surface area contributed by atoms with Gasteiger partial charge in [-0.25, -0.2) is 15.4 Å². The second kappa shape index (κ2) is 8.30. The maximum absolute atomic E-state index is 6.24. The van der Waals surface area contributed by atoms with Crippen LogP contribution in [0.3, 0.4) is 0 Å². The van der Waals surface area contributed by atoms with Crippen LogP contribution in [-0.4, -0.2) is 22.1 Å². The summed E-state index contributed by atoms with van der Waals surface area (Å²) < 4.78 is 0. The first-order valence-corrected chi connectivity index (χ1v) is 10.7. The molecule has 1 saturated heterocycles. The molecule has 0 spiro atoms. The SMILES string of the molecule is Cl.Clc1ccc(C2NNC3CCC(Nc4ncnc5sccc45)CC32)cc1Cl. The first kappa shape index (κ1) is 20.1. The Morgan fingerprint density at radius 3 is 2.82 bits per heavy atom. The highest BCUT2D eigenvalue weighted by Gasteiger charge is 2.41. The summed E-state index contributed by atoms with van der Waals surface area (Å²) in [6.07, 6.45) is 4.93. The average Bonchev–Trinajstić information content (AvgIpc) is 3.31. The van der Waals surface area contributed by atoms with Crippen molar-refractivity contribution in [3.63, 3.8) is 0 Å². The van der Waals surface area contributed by atoms with E-state index in [1.165, 1.54) is 5.56 Å². The molecule has 0 bridgehead atoms. The molecule has 0 amide bonds. The zero-order valence-electron chi connectivity index (χ0n) is 14.9. The van der Waals surface area contributed by atoms with Gasteiger partial charge in [-0.05, 0) is 54.3 Å². The van der Waals surface area contributed by atoms with Crippen molar-refractivity contribution in [3.8, 4) is 0 Å². The van der Waals surface area contributed by atoms with Crippen LogP contribution in [0, 0.1) is 5.92 Å². The first-order valence-electron chi connectivity index (χ1n) is 9.10. The molecule has 3 N–H and O–H groups in total.